The Balaban J connectivity index is 2.02. The van der Waals surface area contributed by atoms with E-state index in [4.69, 9.17) is 19.9 Å². The predicted octanol–water partition coefficient (Wildman–Crippen LogP) is 1.42. The quantitative estimate of drug-likeness (QED) is 0.873. The van der Waals surface area contributed by atoms with Crippen LogP contribution in [0, 0.1) is 6.92 Å². The number of nitrogens with two attached hydrogens (primary N) is 1. The molecule has 19 heavy (non-hydrogen) atoms. The first-order valence-electron chi connectivity index (χ1n) is 6.61. The van der Waals surface area contributed by atoms with Crippen molar-refractivity contribution in [1.29, 1.82) is 0 Å². The molecule has 1 aromatic heterocycles. The minimum atomic E-state index is -0.364. The molecule has 2 N–H and O–H groups in total. The topological polar surface area (TPSA) is 66.6 Å². The van der Waals surface area contributed by atoms with Crippen LogP contribution in [0.15, 0.2) is 12.1 Å². The van der Waals surface area contributed by atoms with E-state index in [1.54, 1.807) is 7.11 Å². The van der Waals surface area contributed by atoms with Crippen molar-refractivity contribution in [2.24, 2.45) is 5.73 Å². The third kappa shape index (κ3) is 3.65. The van der Waals surface area contributed by atoms with Crippen molar-refractivity contribution in [1.82, 2.24) is 4.98 Å². The van der Waals surface area contributed by atoms with Crippen LogP contribution in [0.2, 0.25) is 0 Å². The summed E-state index contributed by atoms with van der Waals surface area (Å²) in [6.45, 7) is 4.19. The standard InChI is InChI=1S/C14H22N2O3/c1-11-6-13(17-2)7-12(16-11)8-19-14(9-15)4-3-5-18-10-14/h6-7H,3-5,8-10,15H2,1-2H3. The summed E-state index contributed by atoms with van der Waals surface area (Å²) in [6.07, 6.45) is 1.92. The van der Waals surface area contributed by atoms with Crippen LogP contribution in [-0.2, 0) is 16.1 Å². The molecule has 1 atom stereocenters. The highest BCUT2D eigenvalue weighted by molar-refractivity contribution is 5.26. The number of nitrogens with zero attached hydrogens (tertiary/aromatic N) is 1. The van der Waals surface area contributed by atoms with Crippen LogP contribution in [-0.4, -0.2) is 37.5 Å². The van der Waals surface area contributed by atoms with Gasteiger partial charge < -0.3 is 19.9 Å². The van der Waals surface area contributed by atoms with Crippen molar-refractivity contribution in [2.45, 2.75) is 32.0 Å². The van der Waals surface area contributed by atoms with Gasteiger partial charge in [-0.3, -0.25) is 4.98 Å². The molecule has 0 spiro atoms. The van der Waals surface area contributed by atoms with Crippen molar-refractivity contribution in [3.8, 4) is 5.75 Å². The van der Waals surface area contributed by atoms with Crippen molar-refractivity contribution >= 4 is 0 Å². The first-order chi connectivity index (χ1) is 9.17. The van der Waals surface area contributed by atoms with Gasteiger partial charge in [0, 0.05) is 31.0 Å². The molecule has 0 aromatic carbocycles. The molecular formula is C14H22N2O3. The van der Waals surface area contributed by atoms with Gasteiger partial charge >= 0.3 is 0 Å². The summed E-state index contributed by atoms with van der Waals surface area (Å²) in [6, 6.07) is 3.78. The minimum absolute atomic E-state index is 0.364. The zero-order chi connectivity index (χ0) is 13.7. The van der Waals surface area contributed by atoms with E-state index >= 15 is 0 Å². The Hall–Kier alpha value is -1.17. The van der Waals surface area contributed by atoms with Gasteiger partial charge in [-0.05, 0) is 19.8 Å². The zero-order valence-corrected chi connectivity index (χ0v) is 11.6. The molecule has 0 radical (unpaired) electrons. The number of methoxy groups -OCH3 is 1. The number of rotatable bonds is 5. The summed E-state index contributed by atoms with van der Waals surface area (Å²) in [5, 5.41) is 0. The summed E-state index contributed by atoms with van der Waals surface area (Å²) in [4.78, 5) is 4.44. The Labute approximate surface area is 114 Å². The van der Waals surface area contributed by atoms with Gasteiger partial charge in [0.2, 0.25) is 0 Å². The van der Waals surface area contributed by atoms with Crippen LogP contribution in [0.4, 0.5) is 0 Å². The molecule has 2 heterocycles. The number of aryl methyl sites for hydroxylation is 1. The molecule has 2 rings (SSSR count). The molecule has 0 saturated carbocycles. The molecule has 106 valence electrons. The average Bonchev–Trinajstić information content (AvgIpc) is 2.45. The van der Waals surface area contributed by atoms with Crippen LogP contribution >= 0.6 is 0 Å². The lowest BCUT2D eigenvalue weighted by atomic mass is 9.96. The Morgan fingerprint density at radius 2 is 2.32 bits per heavy atom. The van der Waals surface area contributed by atoms with Crippen LogP contribution < -0.4 is 10.5 Å². The number of hydrogen-bond acceptors (Lipinski definition) is 5. The summed E-state index contributed by atoms with van der Waals surface area (Å²) >= 11 is 0. The van der Waals surface area contributed by atoms with E-state index in [-0.39, 0.29) is 5.60 Å². The largest absolute Gasteiger partial charge is 0.497 e. The molecule has 1 saturated heterocycles. The van der Waals surface area contributed by atoms with Crippen molar-refractivity contribution in [2.75, 3.05) is 26.9 Å². The fourth-order valence-corrected chi connectivity index (χ4v) is 2.28. The summed E-state index contributed by atoms with van der Waals surface area (Å²) in [5.74, 6) is 0.799. The Kier molecular flexibility index (Phi) is 4.74. The van der Waals surface area contributed by atoms with Crippen LogP contribution in [0.3, 0.4) is 0 Å². The Morgan fingerprint density at radius 3 is 2.95 bits per heavy atom. The lowest BCUT2D eigenvalue weighted by molar-refractivity contribution is -0.130. The molecule has 0 bridgehead atoms. The Morgan fingerprint density at radius 1 is 1.47 bits per heavy atom. The lowest BCUT2D eigenvalue weighted by Crippen LogP contribution is -2.47. The van der Waals surface area contributed by atoms with Crippen LogP contribution in [0.25, 0.3) is 0 Å². The number of hydrogen-bond donors (Lipinski definition) is 1. The first kappa shape index (κ1) is 14.2. The highest BCUT2D eigenvalue weighted by Gasteiger charge is 2.32. The average molecular weight is 266 g/mol. The molecule has 5 nitrogen and oxygen atoms in total. The molecule has 0 amide bonds. The lowest BCUT2D eigenvalue weighted by Gasteiger charge is -2.35. The van der Waals surface area contributed by atoms with Gasteiger partial charge in [-0.15, -0.1) is 0 Å². The van der Waals surface area contributed by atoms with Crippen molar-refractivity contribution < 1.29 is 14.2 Å². The SMILES string of the molecule is COc1cc(C)nc(COC2(CN)CCCOC2)c1. The molecule has 0 aliphatic carbocycles. The van der Waals surface area contributed by atoms with E-state index in [9.17, 15) is 0 Å². The first-order valence-corrected chi connectivity index (χ1v) is 6.61. The van der Waals surface area contributed by atoms with Gasteiger partial charge in [0.1, 0.15) is 11.4 Å². The second-order valence-corrected chi connectivity index (χ2v) is 4.97. The van der Waals surface area contributed by atoms with Gasteiger partial charge in [0.25, 0.3) is 0 Å². The highest BCUT2D eigenvalue weighted by atomic mass is 16.5. The van der Waals surface area contributed by atoms with E-state index in [1.165, 1.54) is 0 Å². The van der Waals surface area contributed by atoms with Gasteiger partial charge in [-0.2, -0.15) is 0 Å². The van der Waals surface area contributed by atoms with Gasteiger partial charge in [-0.1, -0.05) is 0 Å². The smallest absolute Gasteiger partial charge is 0.122 e. The number of pyridine rings is 1. The third-order valence-electron chi connectivity index (χ3n) is 3.40. The Bertz CT molecular complexity index is 417. The van der Waals surface area contributed by atoms with Gasteiger partial charge in [0.05, 0.1) is 26.0 Å². The summed E-state index contributed by atoms with van der Waals surface area (Å²) in [7, 11) is 1.65. The van der Waals surface area contributed by atoms with Gasteiger partial charge in [0.15, 0.2) is 0 Å². The maximum absolute atomic E-state index is 5.99. The normalized spacial score (nSPS) is 23.3. The van der Waals surface area contributed by atoms with Gasteiger partial charge in [-0.25, -0.2) is 0 Å². The van der Waals surface area contributed by atoms with E-state index in [2.05, 4.69) is 4.98 Å². The molecule has 1 aliphatic rings. The van der Waals surface area contributed by atoms with Crippen molar-refractivity contribution in [3.05, 3.63) is 23.5 Å². The fourth-order valence-electron chi connectivity index (χ4n) is 2.28. The second-order valence-electron chi connectivity index (χ2n) is 4.97. The summed E-state index contributed by atoms with van der Waals surface area (Å²) < 4.78 is 16.7. The van der Waals surface area contributed by atoms with E-state index in [0.29, 0.717) is 19.8 Å². The molecule has 1 aliphatic heterocycles. The fraction of sp³-hybridized carbons (Fsp3) is 0.643. The number of aromatic nitrogens is 1. The van der Waals surface area contributed by atoms with Crippen LogP contribution in [0.5, 0.6) is 5.75 Å². The molecule has 1 aromatic rings. The van der Waals surface area contributed by atoms with E-state index in [1.807, 2.05) is 19.1 Å². The molecular weight excluding hydrogens is 244 g/mol. The molecule has 5 heteroatoms. The minimum Gasteiger partial charge on any atom is -0.497 e. The zero-order valence-electron chi connectivity index (χ0n) is 11.6. The van der Waals surface area contributed by atoms with Crippen LogP contribution in [0.1, 0.15) is 24.2 Å². The number of ether oxygens (including phenoxy) is 3. The van der Waals surface area contributed by atoms with Crippen molar-refractivity contribution in [3.63, 3.8) is 0 Å². The molecule has 1 fully saturated rings. The molecule has 1 unspecified atom stereocenters. The second kappa shape index (κ2) is 6.32. The summed E-state index contributed by atoms with van der Waals surface area (Å²) in [5.41, 5.74) is 7.25. The third-order valence-corrected chi connectivity index (χ3v) is 3.40. The monoisotopic (exact) mass is 266 g/mol. The predicted molar refractivity (Wildman–Crippen MR) is 72.2 cm³/mol. The highest BCUT2D eigenvalue weighted by Crippen LogP contribution is 2.24. The maximum atomic E-state index is 5.99. The van der Waals surface area contributed by atoms with E-state index in [0.717, 1.165) is 36.6 Å². The van der Waals surface area contributed by atoms with E-state index < -0.39 is 0 Å². The maximum Gasteiger partial charge on any atom is 0.122 e.